The highest BCUT2D eigenvalue weighted by Crippen LogP contribution is 2.41. The van der Waals surface area contributed by atoms with Crippen molar-refractivity contribution in [2.24, 2.45) is 22.1 Å². The summed E-state index contributed by atoms with van der Waals surface area (Å²) in [6.45, 7) is 0.726. The van der Waals surface area contributed by atoms with Crippen molar-refractivity contribution >= 4 is 23.9 Å². The molecular weight excluding hydrogens is 268 g/mol. The largest absolute Gasteiger partial charge is 0.412 e. The van der Waals surface area contributed by atoms with Crippen molar-refractivity contribution in [3.05, 3.63) is 40.7 Å². The van der Waals surface area contributed by atoms with E-state index >= 15 is 0 Å². The number of primary amides is 1. The molecule has 5 N–H and O–H groups in total. The van der Waals surface area contributed by atoms with E-state index in [4.69, 9.17) is 5.73 Å². The number of rotatable bonds is 1. The summed E-state index contributed by atoms with van der Waals surface area (Å²) in [5, 5.41) is 5.12. The van der Waals surface area contributed by atoms with E-state index in [1.165, 1.54) is 0 Å². The van der Waals surface area contributed by atoms with E-state index < -0.39 is 5.91 Å². The molecule has 0 radical (unpaired) electrons. The second-order valence-corrected chi connectivity index (χ2v) is 5.50. The molecule has 4 rings (SSSR count). The van der Waals surface area contributed by atoms with Crippen molar-refractivity contribution in [1.82, 2.24) is 10.3 Å². The molecular formula is C15H16N4O2. The van der Waals surface area contributed by atoms with Gasteiger partial charge in [-0.1, -0.05) is 12.2 Å². The number of nitrogens with two attached hydrogens (primary N) is 1. The Balaban J connectivity index is 0.00000132. The van der Waals surface area contributed by atoms with Crippen LogP contribution >= 0.6 is 0 Å². The lowest BCUT2D eigenvalue weighted by molar-refractivity contribution is 0.1000. The van der Waals surface area contributed by atoms with Gasteiger partial charge in [-0.3, -0.25) is 14.8 Å². The molecule has 6 heteroatoms. The van der Waals surface area contributed by atoms with Crippen LogP contribution in [0.4, 0.5) is 0 Å². The van der Waals surface area contributed by atoms with Crippen LogP contribution in [0.5, 0.6) is 0 Å². The summed E-state index contributed by atoms with van der Waals surface area (Å²) in [5.74, 6) is 0.932. The van der Waals surface area contributed by atoms with Crippen LogP contribution in [0.3, 0.4) is 0 Å². The number of allylic oxidation sites excluding steroid dienone is 1. The number of hydrogen-bond donors (Lipinski definition) is 2. The number of aliphatic imine (C=N–C) groups is 1. The predicted octanol–water partition coefficient (Wildman–Crippen LogP) is -1.55. The molecule has 21 heavy (non-hydrogen) atoms. The van der Waals surface area contributed by atoms with Gasteiger partial charge in [0.25, 0.3) is 0 Å². The zero-order valence-corrected chi connectivity index (χ0v) is 11.3. The van der Waals surface area contributed by atoms with E-state index in [-0.39, 0.29) is 10.9 Å². The summed E-state index contributed by atoms with van der Waals surface area (Å²) in [5.41, 5.74) is 5.65. The summed E-state index contributed by atoms with van der Waals surface area (Å²) < 4.78 is 0. The molecule has 1 aromatic rings. The number of aromatic nitrogens is 1. The number of amides is 1. The highest BCUT2D eigenvalue weighted by atomic mass is 16.1. The summed E-state index contributed by atoms with van der Waals surface area (Å²) >= 11 is 0. The average Bonchev–Trinajstić information content (AvgIpc) is 3.00. The molecule has 108 valence electrons. The van der Waals surface area contributed by atoms with E-state index in [0.29, 0.717) is 11.5 Å². The molecule has 1 spiro atoms. The Bertz CT molecular complexity index is 796. The minimum atomic E-state index is -0.444. The van der Waals surface area contributed by atoms with Crippen LogP contribution in [0, 0.1) is 11.3 Å². The van der Waals surface area contributed by atoms with Crippen molar-refractivity contribution in [3.8, 4) is 0 Å². The first-order valence-corrected chi connectivity index (χ1v) is 6.65. The molecule has 0 fully saturated rings. The Kier molecular flexibility index (Phi) is 2.91. The van der Waals surface area contributed by atoms with Crippen molar-refractivity contribution in [2.75, 3.05) is 6.54 Å². The Morgan fingerprint density at radius 3 is 3.10 bits per heavy atom. The first-order valence-electron chi connectivity index (χ1n) is 6.65. The molecule has 0 saturated heterocycles. The molecule has 2 atom stereocenters. The highest BCUT2D eigenvalue weighted by molar-refractivity contribution is 5.94. The minimum Gasteiger partial charge on any atom is -0.412 e. The second-order valence-electron chi connectivity index (χ2n) is 5.50. The fourth-order valence-corrected chi connectivity index (χ4v) is 3.26. The van der Waals surface area contributed by atoms with Crippen molar-refractivity contribution in [3.63, 3.8) is 0 Å². The first-order chi connectivity index (χ1) is 9.68. The smallest absolute Gasteiger partial charge is 0.250 e. The van der Waals surface area contributed by atoms with Gasteiger partial charge in [-0.2, -0.15) is 0 Å². The van der Waals surface area contributed by atoms with Crippen molar-refractivity contribution in [2.45, 2.75) is 6.42 Å². The summed E-state index contributed by atoms with van der Waals surface area (Å²) in [6.07, 6.45) is 10.9. The van der Waals surface area contributed by atoms with E-state index in [1.54, 1.807) is 6.20 Å². The number of hydrogen-bond acceptors (Lipinski definition) is 4. The van der Waals surface area contributed by atoms with Crippen molar-refractivity contribution in [1.29, 1.82) is 0 Å². The molecule has 3 aliphatic rings. The molecule has 1 aliphatic carbocycles. The molecule has 3 heterocycles. The van der Waals surface area contributed by atoms with Crippen LogP contribution in [-0.4, -0.2) is 28.7 Å². The van der Waals surface area contributed by atoms with Gasteiger partial charge in [-0.25, -0.2) is 0 Å². The van der Waals surface area contributed by atoms with Gasteiger partial charge >= 0.3 is 0 Å². The molecule has 1 aromatic heterocycles. The first kappa shape index (κ1) is 13.5. The molecule has 0 saturated carbocycles. The third-order valence-corrected chi connectivity index (χ3v) is 4.29. The molecule has 0 aromatic carbocycles. The predicted molar refractivity (Wildman–Crippen MR) is 79.7 cm³/mol. The monoisotopic (exact) mass is 284 g/mol. The zero-order chi connectivity index (χ0) is 13.7. The standard InChI is InChI=1S/C15H14N4O.H2O/c16-13(20)10-4-9-5-15(6-12(9)18-7-10)8-19-14-11(15)2-1-3-17-14;/h1,3-7,11H,2,8H2,(H2,16,20)(H,17,19);1H2. The quantitative estimate of drug-likeness (QED) is 0.651. The third kappa shape index (κ3) is 1.87. The van der Waals surface area contributed by atoms with Gasteiger partial charge in [0, 0.05) is 17.5 Å². The third-order valence-electron chi connectivity index (χ3n) is 4.29. The van der Waals surface area contributed by atoms with E-state index in [9.17, 15) is 4.79 Å². The van der Waals surface area contributed by atoms with E-state index in [0.717, 1.165) is 29.4 Å². The maximum absolute atomic E-state index is 11.3. The minimum absolute atomic E-state index is 0. The van der Waals surface area contributed by atoms with Crippen LogP contribution in [0.25, 0.3) is 12.2 Å². The number of amidine groups is 1. The van der Waals surface area contributed by atoms with Crippen LogP contribution < -0.4 is 21.6 Å². The molecule has 6 nitrogen and oxygen atoms in total. The second kappa shape index (κ2) is 4.53. The summed E-state index contributed by atoms with van der Waals surface area (Å²) in [4.78, 5) is 20.2. The number of nitrogens with zero attached hydrogens (tertiary/aromatic N) is 2. The Labute approximate surface area is 121 Å². The van der Waals surface area contributed by atoms with Gasteiger partial charge in [0.1, 0.15) is 5.84 Å². The lowest BCUT2D eigenvalue weighted by atomic mass is 9.75. The normalized spacial score (nSPS) is 27.6. The SMILES string of the molecule is NC(=O)c1cnc2c(c1)=CC1(C=2)CN=C2NC=CCC21.O. The van der Waals surface area contributed by atoms with Crippen LogP contribution in [0.1, 0.15) is 16.8 Å². The fourth-order valence-electron chi connectivity index (χ4n) is 3.26. The van der Waals surface area contributed by atoms with Crippen molar-refractivity contribution < 1.29 is 10.3 Å². The fraction of sp³-hybridized carbons (Fsp3) is 0.267. The topological polar surface area (TPSA) is 112 Å². The average molecular weight is 284 g/mol. The number of carbonyl (C=O) groups is 1. The van der Waals surface area contributed by atoms with E-state index in [1.807, 2.05) is 12.3 Å². The lowest BCUT2D eigenvalue weighted by Gasteiger charge is -2.28. The summed E-state index contributed by atoms with van der Waals surface area (Å²) in [6, 6.07) is 1.82. The van der Waals surface area contributed by atoms with Crippen LogP contribution in [0.15, 0.2) is 29.5 Å². The van der Waals surface area contributed by atoms with Gasteiger partial charge in [0.05, 0.1) is 17.5 Å². The Hall–Kier alpha value is -2.47. The highest BCUT2D eigenvalue weighted by Gasteiger charge is 2.44. The van der Waals surface area contributed by atoms with E-state index in [2.05, 4.69) is 33.5 Å². The Morgan fingerprint density at radius 2 is 2.29 bits per heavy atom. The van der Waals surface area contributed by atoms with Gasteiger partial charge < -0.3 is 16.5 Å². The van der Waals surface area contributed by atoms with Gasteiger partial charge in [0.2, 0.25) is 5.91 Å². The lowest BCUT2D eigenvalue weighted by Crippen LogP contribution is -2.35. The number of pyridine rings is 1. The molecule has 2 unspecified atom stereocenters. The zero-order valence-electron chi connectivity index (χ0n) is 11.3. The molecule has 1 amide bonds. The van der Waals surface area contributed by atoms with Gasteiger partial charge in [-0.05, 0) is 30.0 Å². The number of fused-ring (bicyclic) bond motifs is 3. The van der Waals surface area contributed by atoms with Gasteiger partial charge in [-0.15, -0.1) is 0 Å². The maximum Gasteiger partial charge on any atom is 0.250 e. The molecule has 0 bridgehead atoms. The van der Waals surface area contributed by atoms with Crippen LogP contribution in [-0.2, 0) is 0 Å². The Morgan fingerprint density at radius 1 is 1.43 bits per heavy atom. The number of nitrogens with one attached hydrogen (secondary N) is 1. The van der Waals surface area contributed by atoms with Gasteiger partial charge in [0.15, 0.2) is 0 Å². The molecule has 2 aliphatic heterocycles. The number of carbonyl (C=O) groups excluding carboxylic acids is 1. The van der Waals surface area contributed by atoms with Crippen LogP contribution in [0.2, 0.25) is 0 Å². The summed E-state index contributed by atoms with van der Waals surface area (Å²) in [7, 11) is 0. The maximum atomic E-state index is 11.3.